The fourth-order valence-corrected chi connectivity index (χ4v) is 1.31. The van der Waals surface area contributed by atoms with Gasteiger partial charge in [-0.2, -0.15) is 0 Å². The van der Waals surface area contributed by atoms with Gasteiger partial charge in [0.25, 0.3) is 0 Å². The highest BCUT2D eigenvalue weighted by Crippen LogP contribution is 2.31. The number of benzene rings is 1. The van der Waals surface area contributed by atoms with Crippen molar-refractivity contribution in [2.75, 3.05) is 0 Å². The van der Waals surface area contributed by atoms with Gasteiger partial charge >= 0.3 is 7.69 Å². The number of aryl methyl sites for hydroxylation is 1. The molecule has 0 unspecified atom stereocenters. The Hall–Kier alpha value is -1.12. The van der Waals surface area contributed by atoms with Crippen LogP contribution in [0.1, 0.15) is 18.9 Å². The van der Waals surface area contributed by atoms with Crippen molar-refractivity contribution in [1.82, 2.24) is 0 Å². The highest BCUT2D eigenvalue weighted by Gasteiger charge is 2.16. The lowest BCUT2D eigenvalue weighted by molar-refractivity contribution is 0.541. The molecule has 0 spiro atoms. The summed E-state index contributed by atoms with van der Waals surface area (Å²) in [6, 6.07) is 6.05. The molecule has 0 aliphatic carbocycles. The molecule has 0 atom stereocenters. The molecule has 0 N–H and O–H groups in total. The highest BCUT2D eigenvalue weighted by atomic mass is 16.6. The summed E-state index contributed by atoms with van der Waals surface area (Å²) in [5, 5.41) is 0. The van der Waals surface area contributed by atoms with Crippen molar-refractivity contribution in [2.24, 2.45) is 0 Å². The van der Waals surface area contributed by atoms with Crippen LogP contribution in [0, 0.1) is 0 Å². The minimum absolute atomic E-state index is 0.815. The van der Waals surface area contributed by atoms with E-state index >= 15 is 0 Å². The number of fused-ring (bicyclic) bond motifs is 1. The van der Waals surface area contributed by atoms with E-state index in [4.69, 9.17) is 9.31 Å². The fraction of sp³-hybridized carbons (Fsp3) is 0.333. The topological polar surface area (TPSA) is 18.5 Å². The third-order valence-corrected chi connectivity index (χ3v) is 1.90. The molecule has 0 amide bonds. The average Bonchev–Trinajstić information content (AvgIpc) is 2.51. The molecule has 12 heavy (non-hydrogen) atoms. The third kappa shape index (κ3) is 1.27. The smallest absolute Gasteiger partial charge is 0.524 e. The van der Waals surface area contributed by atoms with E-state index in [1.807, 2.05) is 12.1 Å². The zero-order valence-electron chi connectivity index (χ0n) is 7.04. The SMILES string of the molecule is CCCc1ccc2c(c1)O[B]O2. The molecule has 0 bridgehead atoms. The van der Waals surface area contributed by atoms with Crippen LogP contribution in [0.2, 0.25) is 0 Å². The highest BCUT2D eigenvalue weighted by molar-refractivity contribution is 6.22. The van der Waals surface area contributed by atoms with Gasteiger partial charge in [-0.05, 0) is 24.1 Å². The fourth-order valence-electron chi connectivity index (χ4n) is 1.31. The van der Waals surface area contributed by atoms with Gasteiger partial charge < -0.3 is 9.31 Å². The average molecular weight is 161 g/mol. The lowest BCUT2D eigenvalue weighted by Gasteiger charge is -2.01. The number of rotatable bonds is 2. The Bertz CT molecular complexity index is 286. The van der Waals surface area contributed by atoms with Crippen molar-refractivity contribution >= 4 is 7.69 Å². The summed E-state index contributed by atoms with van der Waals surface area (Å²) in [6.07, 6.45) is 2.25. The Labute approximate surface area is 72.8 Å². The quantitative estimate of drug-likeness (QED) is 0.617. The van der Waals surface area contributed by atoms with Crippen LogP contribution < -0.4 is 9.31 Å². The van der Waals surface area contributed by atoms with Crippen LogP contribution in [0.25, 0.3) is 0 Å². The van der Waals surface area contributed by atoms with Gasteiger partial charge in [-0.3, -0.25) is 0 Å². The molecule has 1 aromatic rings. The summed E-state index contributed by atoms with van der Waals surface area (Å²) in [5.41, 5.74) is 1.30. The van der Waals surface area contributed by atoms with Gasteiger partial charge in [0.2, 0.25) is 0 Å². The molecule has 61 valence electrons. The second kappa shape index (κ2) is 3.09. The minimum Gasteiger partial charge on any atom is -0.524 e. The molecule has 1 aromatic carbocycles. The Morgan fingerprint density at radius 1 is 1.25 bits per heavy atom. The van der Waals surface area contributed by atoms with Gasteiger partial charge in [0.15, 0.2) is 0 Å². The first kappa shape index (κ1) is 7.53. The van der Waals surface area contributed by atoms with Crippen LogP contribution in [0.15, 0.2) is 18.2 Å². The maximum Gasteiger partial charge on any atom is 0.658 e. The van der Waals surface area contributed by atoms with Crippen LogP contribution in [0.3, 0.4) is 0 Å². The van der Waals surface area contributed by atoms with Crippen LogP contribution in [0.5, 0.6) is 11.5 Å². The molecule has 1 heterocycles. The predicted molar refractivity (Wildman–Crippen MR) is 47.4 cm³/mol. The van der Waals surface area contributed by atoms with E-state index in [2.05, 4.69) is 13.0 Å². The monoisotopic (exact) mass is 161 g/mol. The molecule has 0 fully saturated rings. The van der Waals surface area contributed by atoms with E-state index in [1.54, 1.807) is 0 Å². The molecule has 1 aliphatic rings. The van der Waals surface area contributed by atoms with Crippen LogP contribution in [0.4, 0.5) is 0 Å². The van der Waals surface area contributed by atoms with E-state index in [1.165, 1.54) is 13.2 Å². The maximum atomic E-state index is 5.14. The Morgan fingerprint density at radius 3 is 2.92 bits per heavy atom. The summed E-state index contributed by atoms with van der Waals surface area (Å²) < 4.78 is 10.2. The van der Waals surface area contributed by atoms with Crippen molar-refractivity contribution in [3.05, 3.63) is 23.8 Å². The summed E-state index contributed by atoms with van der Waals surface area (Å²) in [5.74, 6) is 1.65. The van der Waals surface area contributed by atoms with Crippen LogP contribution >= 0.6 is 0 Å². The molecular weight excluding hydrogens is 151 g/mol. The molecule has 2 nitrogen and oxygen atoms in total. The molecule has 1 aliphatic heterocycles. The first-order chi connectivity index (χ1) is 5.90. The zero-order valence-corrected chi connectivity index (χ0v) is 7.04. The lowest BCUT2D eigenvalue weighted by atomic mass is 10.1. The first-order valence-electron chi connectivity index (χ1n) is 4.18. The number of hydrogen-bond donors (Lipinski definition) is 0. The second-order valence-electron chi connectivity index (χ2n) is 2.86. The van der Waals surface area contributed by atoms with Crippen molar-refractivity contribution in [3.8, 4) is 11.5 Å². The summed E-state index contributed by atoms with van der Waals surface area (Å²) in [4.78, 5) is 0. The largest absolute Gasteiger partial charge is 0.658 e. The predicted octanol–water partition coefficient (Wildman–Crippen LogP) is 1.94. The number of hydrogen-bond acceptors (Lipinski definition) is 2. The summed E-state index contributed by atoms with van der Waals surface area (Å²) in [7, 11) is 1.36. The van der Waals surface area contributed by atoms with Crippen molar-refractivity contribution in [2.45, 2.75) is 19.8 Å². The molecular formula is C9H10BO2. The first-order valence-corrected chi connectivity index (χ1v) is 4.18. The minimum atomic E-state index is 0.815. The molecule has 0 saturated carbocycles. The van der Waals surface area contributed by atoms with Gasteiger partial charge in [-0.1, -0.05) is 19.4 Å². The van der Waals surface area contributed by atoms with Gasteiger partial charge in [0.05, 0.1) is 0 Å². The van der Waals surface area contributed by atoms with Crippen LogP contribution in [-0.2, 0) is 6.42 Å². The van der Waals surface area contributed by atoms with E-state index in [0.717, 1.165) is 24.3 Å². The van der Waals surface area contributed by atoms with Crippen molar-refractivity contribution < 1.29 is 9.31 Å². The van der Waals surface area contributed by atoms with Crippen molar-refractivity contribution in [1.29, 1.82) is 0 Å². The lowest BCUT2D eigenvalue weighted by Crippen LogP contribution is -1.99. The summed E-state index contributed by atoms with van der Waals surface area (Å²) >= 11 is 0. The van der Waals surface area contributed by atoms with Gasteiger partial charge in [-0.25, -0.2) is 0 Å². The third-order valence-electron chi connectivity index (χ3n) is 1.90. The van der Waals surface area contributed by atoms with E-state index in [0.29, 0.717) is 0 Å². The Morgan fingerprint density at radius 2 is 2.08 bits per heavy atom. The summed E-state index contributed by atoms with van der Waals surface area (Å²) in [6.45, 7) is 2.16. The standard InChI is InChI=1S/C9H10BO2/c1-2-3-7-4-5-8-9(6-7)12-10-11-8/h4-6H,2-3H2,1H3. The molecule has 2 rings (SSSR count). The maximum absolute atomic E-state index is 5.14. The van der Waals surface area contributed by atoms with Gasteiger partial charge in [0.1, 0.15) is 11.5 Å². The second-order valence-corrected chi connectivity index (χ2v) is 2.86. The molecule has 0 aromatic heterocycles. The van der Waals surface area contributed by atoms with E-state index < -0.39 is 0 Å². The van der Waals surface area contributed by atoms with Crippen molar-refractivity contribution in [3.63, 3.8) is 0 Å². The Kier molecular flexibility index (Phi) is 1.94. The molecule has 1 radical (unpaired) electrons. The van der Waals surface area contributed by atoms with Gasteiger partial charge in [-0.15, -0.1) is 0 Å². The Balaban J connectivity index is 2.26. The molecule has 3 heteroatoms. The van der Waals surface area contributed by atoms with E-state index in [-0.39, 0.29) is 0 Å². The zero-order chi connectivity index (χ0) is 8.39. The normalized spacial score (nSPS) is 12.8. The van der Waals surface area contributed by atoms with E-state index in [9.17, 15) is 0 Å². The molecule has 0 saturated heterocycles. The van der Waals surface area contributed by atoms with Crippen LogP contribution in [-0.4, -0.2) is 7.69 Å². The van der Waals surface area contributed by atoms with Gasteiger partial charge in [0, 0.05) is 0 Å².